The summed E-state index contributed by atoms with van der Waals surface area (Å²) in [6.45, 7) is 1.47. The van der Waals surface area contributed by atoms with E-state index in [1.807, 2.05) is 37.3 Å². The molecule has 8 nitrogen and oxygen atoms in total. The first-order valence-corrected chi connectivity index (χ1v) is 15.8. The third-order valence-electron chi connectivity index (χ3n) is 6.93. The van der Waals surface area contributed by atoms with Crippen molar-refractivity contribution in [1.82, 2.24) is 10.2 Å². The number of hydrogen-bond donors (Lipinski definition) is 1. The first kappa shape index (κ1) is 32.5. The van der Waals surface area contributed by atoms with Crippen LogP contribution in [0, 0.1) is 5.82 Å². The number of amides is 2. The molecule has 0 saturated heterocycles. The Morgan fingerprint density at radius 2 is 1.55 bits per heavy atom. The number of rotatable bonds is 13. The van der Waals surface area contributed by atoms with Gasteiger partial charge in [-0.1, -0.05) is 60.1 Å². The average molecular weight is 638 g/mol. The topological polar surface area (TPSA) is 96.0 Å². The van der Waals surface area contributed by atoms with Crippen LogP contribution in [-0.4, -0.2) is 51.4 Å². The molecule has 0 fully saturated rings. The van der Waals surface area contributed by atoms with Gasteiger partial charge >= 0.3 is 0 Å². The molecule has 44 heavy (non-hydrogen) atoms. The summed E-state index contributed by atoms with van der Waals surface area (Å²) in [4.78, 5) is 28.8. The lowest BCUT2D eigenvalue weighted by Gasteiger charge is -2.33. The Morgan fingerprint density at radius 3 is 2.16 bits per heavy atom. The van der Waals surface area contributed by atoms with E-state index in [1.165, 1.54) is 48.3 Å². The van der Waals surface area contributed by atoms with E-state index in [1.54, 1.807) is 24.3 Å². The Kier molecular flexibility index (Phi) is 11.0. The van der Waals surface area contributed by atoms with E-state index in [2.05, 4.69) is 5.32 Å². The first-order chi connectivity index (χ1) is 21.1. The summed E-state index contributed by atoms with van der Waals surface area (Å²) in [6, 6.07) is 25.7. The Morgan fingerprint density at radius 1 is 0.909 bits per heavy atom. The van der Waals surface area contributed by atoms with Crippen molar-refractivity contribution >= 4 is 39.1 Å². The number of halogens is 2. The number of nitrogens with one attached hydrogen (secondary N) is 1. The highest BCUT2D eigenvalue weighted by Gasteiger charge is 2.34. The summed E-state index contributed by atoms with van der Waals surface area (Å²) in [5.41, 5.74) is 1.45. The zero-order valence-electron chi connectivity index (χ0n) is 24.3. The van der Waals surface area contributed by atoms with Gasteiger partial charge in [0.25, 0.3) is 10.0 Å². The van der Waals surface area contributed by atoms with Crippen molar-refractivity contribution in [1.29, 1.82) is 0 Å². The molecule has 0 radical (unpaired) electrons. The summed E-state index contributed by atoms with van der Waals surface area (Å²) < 4.78 is 48.3. The number of ether oxygens (including phenoxy) is 1. The highest BCUT2D eigenvalue weighted by molar-refractivity contribution is 7.92. The SMILES string of the molecule is CCOc1ccc(S(=O)(=O)N(CC(=O)N(Cc2ccccc2Cl)[C@H](Cc2ccccc2)C(=O)NC)c2ccc(F)cc2)cc1. The molecule has 4 rings (SSSR count). The first-order valence-electron chi connectivity index (χ1n) is 13.9. The van der Waals surface area contributed by atoms with Gasteiger partial charge in [-0.15, -0.1) is 0 Å². The number of carbonyl (C=O) groups excluding carboxylic acids is 2. The third kappa shape index (κ3) is 7.94. The minimum Gasteiger partial charge on any atom is -0.494 e. The molecule has 0 bridgehead atoms. The van der Waals surface area contributed by atoms with Crippen LogP contribution < -0.4 is 14.4 Å². The lowest BCUT2D eigenvalue weighted by Crippen LogP contribution is -2.53. The van der Waals surface area contributed by atoms with Crippen molar-refractivity contribution in [2.45, 2.75) is 30.8 Å². The maximum Gasteiger partial charge on any atom is 0.264 e. The highest BCUT2D eigenvalue weighted by Crippen LogP contribution is 2.27. The zero-order chi connectivity index (χ0) is 31.7. The Bertz CT molecular complexity index is 1670. The lowest BCUT2D eigenvalue weighted by molar-refractivity contribution is -0.139. The number of anilines is 1. The van der Waals surface area contributed by atoms with Crippen molar-refractivity contribution in [3.63, 3.8) is 0 Å². The molecule has 2 amide bonds. The molecule has 230 valence electrons. The molecule has 1 N–H and O–H groups in total. The fourth-order valence-corrected chi connectivity index (χ4v) is 6.28. The number of nitrogens with zero attached hydrogens (tertiary/aromatic N) is 2. The number of benzene rings is 4. The molecule has 0 aromatic heterocycles. The highest BCUT2D eigenvalue weighted by atomic mass is 35.5. The molecule has 1 atom stereocenters. The van der Waals surface area contributed by atoms with Crippen LogP contribution in [-0.2, 0) is 32.6 Å². The molecule has 0 aliphatic heterocycles. The quantitative estimate of drug-likeness (QED) is 0.210. The van der Waals surface area contributed by atoms with Crippen molar-refractivity contribution in [3.05, 3.63) is 125 Å². The maximum atomic E-state index is 14.3. The van der Waals surface area contributed by atoms with E-state index in [0.717, 1.165) is 22.0 Å². The van der Waals surface area contributed by atoms with Crippen LogP contribution in [0.25, 0.3) is 0 Å². The van der Waals surface area contributed by atoms with E-state index in [9.17, 15) is 22.4 Å². The van der Waals surface area contributed by atoms with Crippen molar-refractivity contribution in [2.75, 3.05) is 24.5 Å². The number of carbonyl (C=O) groups is 2. The van der Waals surface area contributed by atoms with Gasteiger partial charge in [-0.3, -0.25) is 13.9 Å². The van der Waals surface area contributed by atoms with Crippen LogP contribution in [0.15, 0.2) is 108 Å². The molecule has 4 aromatic rings. The molecule has 0 heterocycles. The van der Waals surface area contributed by atoms with Gasteiger partial charge in [0.2, 0.25) is 11.8 Å². The number of sulfonamides is 1. The van der Waals surface area contributed by atoms with Crippen LogP contribution in [0.4, 0.5) is 10.1 Å². The molecule has 11 heteroatoms. The number of likely N-dealkylation sites (N-methyl/N-ethyl adjacent to an activating group) is 1. The third-order valence-corrected chi connectivity index (χ3v) is 9.09. The molecule has 0 unspecified atom stereocenters. The maximum absolute atomic E-state index is 14.3. The van der Waals surface area contributed by atoms with Crippen LogP contribution in [0.5, 0.6) is 5.75 Å². The summed E-state index contributed by atoms with van der Waals surface area (Å²) in [7, 11) is -2.87. The molecule has 0 spiro atoms. The largest absolute Gasteiger partial charge is 0.494 e. The van der Waals surface area contributed by atoms with Gasteiger partial charge in [-0.2, -0.15) is 0 Å². The van der Waals surface area contributed by atoms with Gasteiger partial charge in [0.15, 0.2) is 0 Å². The van der Waals surface area contributed by atoms with Crippen LogP contribution in [0.1, 0.15) is 18.1 Å². The molecule has 0 aliphatic carbocycles. The monoisotopic (exact) mass is 637 g/mol. The van der Waals surface area contributed by atoms with E-state index in [0.29, 0.717) is 22.9 Å². The van der Waals surface area contributed by atoms with E-state index < -0.39 is 40.2 Å². The van der Waals surface area contributed by atoms with Gasteiger partial charge in [0.1, 0.15) is 24.2 Å². The van der Waals surface area contributed by atoms with Crippen LogP contribution in [0.3, 0.4) is 0 Å². The van der Waals surface area contributed by atoms with Gasteiger partial charge in [-0.25, -0.2) is 12.8 Å². The summed E-state index contributed by atoms with van der Waals surface area (Å²) in [5.74, 6) is -1.18. The van der Waals surface area contributed by atoms with Crippen molar-refractivity contribution in [3.8, 4) is 5.75 Å². The minimum atomic E-state index is -4.34. The standard InChI is InChI=1S/C33H33ClFN3O5S/c1-3-43-28-17-19-29(20-18-28)44(41,42)38(27-15-13-26(35)14-16-27)23-32(39)37(22-25-11-7-8-12-30(25)34)31(33(40)36-2)21-24-9-5-4-6-10-24/h4-20,31H,3,21-23H2,1-2H3,(H,36,40)/t31-/m1/s1. The molecule has 0 saturated carbocycles. The summed E-state index contributed by atoms with van der Waals surface area (Å²) >= 11 is 6.47. The second kappa shape index (κ2) is 14.9. The minimum absolute atomic E-state index is 0.0657. The fraction of sp³-hybridized carbons (Fsp3) is 0.212. The molecular formula is C33H33ClFN3O5S. The second-order valence-corrected chi connectivity index (χ2v) is 12.1. The normalized spacial score (nSPS) is 11.8. The van der Waals surface area contributed by atoms with Gasteiger partial charge < -0.3 is 15.0 Å². The van der Waals surface area contributed by atoms with Crippen molar-refractivity contribution in [2.24, 2.45) is 0 Å². The smallest absolute Gasteiger partial charge is 0.264 e. The second-order valence-electron chi connectivity index (χ2n) is 9.83. The number of hydrogen-bond acceptors (Lipinski definition) is 5. The predicted molar refractivity (Wildman–Crippen MR) is 169 cm³/mol. The average Bonchev–Trinajstić information content (AvgIpc) is 3.03. The summed E-state index contributed by atoms with van der Waals surface area (Å²) in [5, 5.41) is 3.02. The Hall–Kier alpha value is -4.41. The van der Waals surface area contributed by atoms with Crippen LogP contribution >= 0.6 is 11.6 Å². The van der Waals surface area contributed by atoms with Gasteiger partial charge in [0, 0.05) is 25.0 Å². The van der Waals surface area contributed by atoms with Gasteiger partial charge in [0.05, 0.1) is 17.2 Å². The van der Waals surface area contributed by atoms with Gasteiger partial charge in [-0.05, 0) is 72.6 Å². The Labute approximate surface area is 262 Å². The molecule has 0 aliphatic rings. The van der Waals surface area contributed by atoms with E-state index in [4.69, 9.17) is 16.3 Å². The Balaban J connectivity index is 1.78. The van der Waals surface area contributed by atoms with Crippen LogP contribution in [0.2, 0.25) is 5.02 Å². The molecular weight excluding hydrogens is 605 g/mol. The predicted octanol–water partition coefficient (Wildman–Crippen LogP) is 5.46. The van der Waals surface area contributed by atoms with E-state index >= 15 is 0 Å². The zero-order valence-corrected chi connectivity index (χ0v) is 25.9. The fourth-order valence-electron chi connectivity index (χ4n) is 4.67. The lowest BCUT2D eigenvalue weighted by atomic mass is 10.0. The van der Waals surface area contributed by atoms with E-state index in [-0.39, 0.29) is 23.5 Å². The van der Waals surface area contributed by atoms with Crippen molar-refractivity contribution < 1.29 is 27.1 Å². The summed E-state index contributed by atoms with van der Waals surface area (Å²) in [6.07, 6.45) is 0.166. The molecule has 4 aromatic carbocycles.